The highest BCUT2D eigenvalue weighted by molar-refractivity contribution is 8.00. The second-order valence-corrected chi connectivity index (χ2v) is 24.5. The number of carbonyl (C=O) groups excluding carboxylic acids is 5. The molecule has 0 heterocycles. The number of methoxy groups -OCH3 is 2. The number of benzene rings is 1. The largest absolute Gasteiger partial charge is 0.481 e. The number of ketones is 1. The number of rotatable bonds is 35. The van der Waals surface area contributed by atoms with Gasteiger partial charge in [-0.25, -0.2) is 8.42 Å². The predicted molar refractivity (Wildman–Crippen MR) is 267 cm³/mol. The fourth-order valence-corrected chi connectivity index (χ4v) is 8.54. The molecule has 0 aliphatic heterocycles. The minimum atomic E-state index is -3.55. The Kier molecular flexibility index (Phi) is 26.5. The van der Waals surface area contributed by atoms with Crippen molar-refractivity contribution in [3.63, 3.8) is 0 Å². The summed E-state index contributed by atoms with van der Waals surface area (Å²) in [6.45, 7) is 23.8. The molecule has 68 heavy (non-hydrogen) atoms. The normalized spacial score (nSPS) is 14.0. The number of ether oxygens (including phenoxy) is 4. The molecule has 1 aromatic rings. The average molecular weight is 1000 g/mol. The Morgan fingerprint density at radius 3 is 1.59 bits per heavy atom. The Hall–Kier alpha value is -3.62. The summed E-state index contributed by atoms with van der Waals surface area (Å²) < 4.78 is 48.7. The van der Waals surface area contributed by atoms with Crippen LogP contribution in [-0.4, -0.2) is 146 Å². The number of amides is 4. The number of carbonyl (C=O) groups is 6. The third-order valence-corrected chi connectivity index (χ3v) is 15.3. The van der Waals surface area contributed by atoms with Crippen molar-refractivity contribution in [3.05, 3.63) is 35.4 Å². The van der Waals surface area contributed by atoms with Gasteiger partial charge >= 0.3 is 5.97 Å². The van der Waals surface area contributed by atoms with E-state index < -0.39 is 74.4 Å². The Morgan fingerprint density at radius 1 is 0.647 bits per heavy atom. The van der Waals surface area contributed by atoms with E-state index >= 15 is 0 Å². The van der Waals surface area contributed by atoms with E-state index in [-0.39, 0.29) is 83.1 Å². The van der Waals surface area contributed by atoms with Crippen LogP contribution in [0.5, 0.6) is 0 Å². The molecule has 1 unspecified atom stereocenters. The monoisotopic (exact) mass is 1000 g/mol. The highest BCUT2D eigenvalue weighted by Crippen LogP contribution is 2.23. The Morgan fingerprint density at radius 2 is 1.12 bits per heavy atom. The topological polar surface area (TPSA) is 242 Å². The molecule has 3 atom stereocenters. The summed E-state index contributed by atoms with van der Waals surface area (Å²) in [5.74, 6) is -5.02. The molecule has 0 fully saturated rings. The maximum Gasteiger partial charge on any atom is 0.303 e. The van der Waals surface area contributed by atoms with Gasteiger partial charge in [-0.1, -0.05) is 26.0 Å². The van der Waals surface area contributed by atoms with Gasteiger partial charge in [0.2, 0.25) is 17.7 Å². The third-order valence-electron chi connectivity index (χ3n) is 11.7. The van der Waals surface area contributed by atoms with Gasteiger partial charge in [-0.3, -0.25) is 28.8 Å². The number of Topliss-reactive ketones (excluding diaryl/α,β-unsaturated/α-hetero) is 1. The number of thioether (sulfide) groups is 1. The Labute approximate surface area is 410 Å². The van der Waals surface area contributed by atoms with E-state index in [0.29, 0.717) is 38.9 Å². The van der Waals surface area contributed by atoms with Gasteiger partial charge in [0.05, 0.1) is 46.6 Å². The van der Waals surface area contributed by atoms with Crippen LogP contribution in [0.1, 0.15) is 155 Å². The highest BCUT2D eigenvalue weighted by atomic mass is 32.2. The molecule has 0 radical (unpaired) electrons. The third kappa shape index (κ3) is 25.3. The van der Waals surface area contributed by atoms with Crippen LogP contribution >= 0.6 is 11.8 Å². The van der Waals surface area contributed by atoms with Crippen molar-refractivity contribution in [2.24, 2.45) is 5.92 Å². The summed E-state index contributed by atoms with van der Waals surface area (Å²) in [7, 11) is -0.274. The second-order valence-electron chi connectivity index (χ2n) is 20.2. The lowest BCUT2D eigenvalue weighted by atomic mass is 9.99. The first-order valence-electron chi connectivity index (χ1n) is 23.6. The van der Waals surface area contributed by atoms with E-state index in [9.17, 15) is 42.3 Å². The van der Waals surface area contributed by atoms with E-state index in [4.69, 9.17) is 18.9 Å². The fraction of sp³-hybridized carbons (Fsp3) is 0.755. The standard InChI is InChI=1S/C49H84N4O13S2/c1-33(2)67-31-37(32-68(61,62)34(3)4)42(57)35-15-17-36(18-16-35)43(58)52-39(20-22-41(55)56)45(60)53-38(44(59)51-28-24-49(11,12)66-30-26-47(7,8)64-14)19-21-40(54)50-27-23-48(9,10)65-29-25-46(5,6)63-13/h15-18,33-34,37-39H,19-32H2,1-14H3,(H,50,54)(H,51,59)(H,52,58)(H,53,60)(H,55,56)/t37?,38-,39-/m0/s1. The summed E-state index contributed by atoms with van der Waals surface area (Å²) in [6, 6.07) is 2.89. The average Bonchev–Trinajstić information content (AvgIpc) is 3.24. The van der Waals surface area contributed by atoms with Crippen molar-refractivity contribution >= 4 is 57.0 Å². The van der Waals surface area contributed by atoms with Crippen LogP contribution in [0.4, 0.5) is 0 Å². The minimum Gasteiger partial charge on any atom is -0.481 e. The molecule has 1 aromatic carbocycles. The molecule has 4 amide bonds. The highest BCUT2D eigenvalue weighted by Gasteiger charge is 2.32. The molecular formula is C49H84N4O13S2. The summed E-state index contributed by atoms with van der Waals surface area (Å²) >= 11 is 1.47. The van der Waals surface area contributed by atoms with Gasteiger partial charge in [0.25, 0.3) is 5.91 Å². The van der Waals surface area contributed by atoms with Crippen LogP contribution in [0, 0.1) is 5.92 Å². The van der Waals surface area contributed by atoms with Crippen molar-refractivity contribution in [2.45, 2.75) is 179 Å². The van der Waals surface area contributed by atoms with E-state index in [2.05, 4.69) is 21.3 Å². The van der Waals surface area contributed by atoms with Gasteiger partial charge in [0.15, 0.2) is 15.6 Å². The van der Waals surface area contributed by atoms with Crippen LogP contribution < -0.4 is 21.3 Å². The number of carboxylic acids is 1. The number of hydrogen-bond acceptors (Lipinski definition) is 13. The summed E-state index contributed by atoms with van der Waals surface area (Å²) in [5, 5.41) is 19.9. The fourth-order valence-electron chi connectivity index (χ4n) is 6.29. The number of carboxylic acid groups (broad SMARTS) is 1. The van der Waals surface area contributed by atoms with Gasteiger partial charge in [-0.15, -0.1) is 0 Å². The zero-order valence-corrected chi connectivity index (χ0v) is 44.9. The van der Waals surface area contributed by atoms with Gasteiger partial charge < -0.3 is 45.3 Å². The number of sulfone groups is 1. The predicted octanol–water partition coefficient (Wildman–Crippen LogP) is 5.91. The quantitative estimate of drug-likeness (QED) is 0.0497. The molecule has 0 saturated carbocycles. The summed E-state index contributed by atoms with van der Waals surface area (Å²) in [5.41, 5.74) is -1.64. The van der Waals surface area contributed by atoms with Crippen LogP contribution in [0.25, 0.3) is 0 Å². The molecule has 1 rings (SSSR count). The van der Waals surface area contributed by atoms with Crippen molar-refractivity contribution in [1.82, 2.24) is 21.3 Å². The molecule has 0 spiro atoms. The lowest BCUT2D eigenvalue weighted by molar-refractivity contribution is -0.137. The molecule has 0 saturated heterocycles. The SMILES string of the molecule is COC(C)(C)CCOC(C)(C)CCNC(=O)CC[C@H](NC(=O)[C@H](CCC(=O)O)NC(=O)c1ccc(C(=O)C(CSC(C)C)CS(=O)(=O)C(C)C)cc1)C(=O)NCCC(C)(C)OCCC(C)(C)OC. The number of aliphatic carboxylic acids is 1. The van der Waals surface area contributed by atoms with Crippen molar-refractivity contribution in [3.8, 4) is 0 Å². The van der Waals surface area contributed by atoms with Crippen LogP contribution in [0.3, 0.4) is 0 Å². The van der Waals surface area contributed by atoms with E-state index in [0.717, 1.165) is 0 Å². The molecule has 19 heteroatoms. The first kappa shape index (κ1) is 62.4. The van der Waals surface area contributed by atoms with Crippen molar-refractivity contribution in [1.29, 1.82) is 0 Å². The Bertz CT molecular complexity index is 1880. The molecular weight excluding hydrogens is 917 g/mol. The van der Waals surface area contributed by atoms with Gasteiger partial charge in [-0.2, -0.15) is 11.8 Å². The maximum atomic E-state index is 13.9. The van der Waals surface area contributed by atoms with Gasteiger partial charge in [0.1, 0.15) is 12.1 Å². The van der Waals surface area contributed by atoms with Gasteiger partial charge in [0, 0.05) is 62.9 Å². The molecule has 5 N–H and O–H groups in total. The van der Waals surface area contributed by atoms with Crippen LogP contribution in [-0.2, 0) is 48.0 Å². The lowest BCUT2D eigenvalue weighted by Gasteiger charge is -2.29. The maximum absolute atomic E-state index is 13.9. The van der Waals surface area contributed by atoms with Crippen LogP contribution in [0.15, 0.2) is 24.3 Å². The first-order chi connectivity index (χ1) is 31.3. The van der Waals surface area contributed by atoms with Crippen LogP contribution in [0.2, 0.25) is 0 Å². The molecule has 0 bridgehead atoms. The molecule has 17 nitrogen and oxygen atoms in total. The van der Waals surface area contributed by atoms with Gasteiger partial charge in [-0.05, 0) is 125 Å². The lowest BCUT2D eigenvalue weighted by Crippen LogP contribution is -2.54. The first-order valence-corrected chi connectivity index (χ1v) is 26.3. The van der Waals surface area contributed by atoms with E-state index in [1.54, 1.807) is 28.1 Å². The summed E-state index contributed by atoms with van der Waals surface area (Å²) in [6.07, 6.45) is 1.13. The Balaban J connectivity index is 3.25. The van der Waals surface area contributed by atoms with E-state index in [1.807, 2.05) is 69.2 Å². The second kappa shape index (κ2) is 28.9. The molecule has 0 aromatic heterocycles. The summed E-state index contributed by atoms with van der Waals surface area (Å²) in [4.78, 5) is 79.7. The number of hydrogen-bond donors (Lipinski definition) is 5. The number of nitrogens with one attached hydrogen (secondary N) is 4. The minimum absolute atomic E-state index is 0.0477. The smallest absolute Gasteiger partial charge is 0.303 e. The zero-order chi connectivity index (χ0) is 52.1. The zero-order valence-electron chi connectivity index (χ0n) is 43.3. The molecule has 390 valence electrons. The molecule has 0 aliphatic carbocycles. The molecule has 0 aliphatic rings. The van der Waals surface area contributed by atoms with Crippen molar-refractivity contribution < 1.29 is 61.2 Å². The van der Waals surface area contributed by atoms with Crippen molar-refractivity contribution in [2.75, 3.05) is 52.0 Å². The van der Waals surface area contributed by atoms with E-state index in [1.165, 1.54) is 36.0 Å².